The van der Waals surface area contributed by atoms with Gasteiger partial charge < -0.3 is 10.1 Å². The Bertz CT molecular complexity index is 300. The van der Waals surface area contributed by atoms with Gasteiger partial charge in [-0.15, -0.1) is 0 Å². The Morgan fingerprint density at radius 1 is 1.42 bits per heavy atom. The summed E-state index contributed by atoms with van der Waals surface area (Å²) in [6.45, 7) is 0. The second-order valence-corrected chi connectivity index (χ2v) is 2.69. The molecule has 0 aromatic rings. The van der Waals surface area contributed by atoms with E-state index in [1.54, 1.807) is 0 Å². The molecule has 0 radical (unpaired) electrons. The lowest BCUT2D eigenvalue weighted by atomic mass is 10.1. The van der Waals surface area contributed by atoms with Crippen LogP contribution in [0, 0.1) is 0 Å². The SMILES string of the molecule is O=C1C=COC2=C(CCC=C2)N1. The van der Waals surface area contributed by atoms with E-state index in [4.69, 9.17) is 4.74 Å². The Balaban J connectivity index is 2.30. The molecule has 3 heteroatoms. The third kappa shape index (κ3) is 1.25. The molecule has 62 valence electrons. The number of carbonyl (C=O) groups is 1. The Labute approximate surface area is 70.4 Å². The molecule has 1 aliphatic carbocycles. The Kier molecular flexibility index (Phi) is 1.70. The van der Waals surface area contributed by atoms with E-state index in [0.29, 0.717) is 0 Å². The van der Waals surface area contributed by atoms with Crippen LogP contribution in [0.15, 0.2) is 35.9 Å². The summed E-state index contributed by atoms with van der Waals surface area (Å²) < 4.78 is 5.21. The Hall–Kier alpha value is -1.51. The van der Waals surface area contributed by atoms with E-state index in [1.165, 1.54) is 12.3 Å². The number of rotatable bonds is 0. The third-order valence-electron chi connectivity index (χ3n) is 1.82. The van der Waals surface area contributed by atoms with E-state index in [0.717, 1.165) is 24.3 Å². The highest BCUT2D eigenvalue weighted by molar-refractivity contribution is 5.89. The van der Waals surface area contributed by atoms with Gasteiger partial charge in [-0.2, -0.15) is 0 Å². The number of nitrogens with one attached hydrogen (secondary N) is 1. The molecule has 0 atom stereocenters. The van der Waals surface area contributed by atoms with Gasteiger partial charge in [0.1, 0.15) is 5.76 Å². The van der Waals surface area contributed by atoms with Crippen molar-refractivity contribution < 1.29 is 9.53 Å². The number of amides is 1. The topological polar surface area (TPSA) is 38.3 Å². The number of allylic oxidation sites excluding steroid dienone is 3. The monoisotopic (exact) mass is 163 g/mol. The van der Waals surface area contributed by atoms with E-state index in [1.807, 2.05) is 12.2 Å². The fraction of sp³-hybridized carbons (Fsp3) is 0.222. The molecule has 1 amide bonds. The van der Waals surface area contributed by atoms with E-state index < -0.39 is 0 Å². The number of ether oxygens (including phenoxy) is 1. The molecule has 0 fully saturated rings. The van der Waals surface area contributed by atoms with Crippen LogP contribution in [0.4, 0.5) is 0 Å². The average Bonchev–Trinajstić information content (AvgIpc) is 2.25. The Morgan fingerprint density at radius 2 is 2.33 bits per heavy atom. The second-order valence-electron chi connectivity index (χ2n) is 2.69. The Morgan fingerprint density at radius 3 is 3.25 bits per heavy atom. The first-order chi connectivity index (χ1) is 5.86. The summed E-state index contributed by atoms with van der Waals surface area (Å²) in [6.07, 6.45) is 8.51. The van der Waals surface area contributed by atoms with Crippen LogP contribution in [-0.4, -0.2) is 5.91 Å². The van der Waals surface area contributed by atoms with E-state index >= 15 is 0 Å². The molecular formula is C9H9NO2. The number of hydrogen-bond donors (Lipinski definition) is 1. The normalized spacial score (nSPS) is 21.2. The fourth-order valence-corrected chi connectivity index (χ4v) is 1.24. The van der Waals surface area contributed by atoms with Gasteiger partial charge in [0, 0.05) is 6.08 Å². The zero-order valence-corrected chi connectivity index (χ0v) is 6.54. The summed E-state index contributed by atoms with van der Waals surface area (Å²) in [5.74, 6) is 0.638. The highest BCUT2D eigenvalue weighted by atomic mass is 16.5. The highest BCUT2D eigenvalue weighted by Crippen LogP contribution is 2.19. The van der Waals surface area contributed by atoms with Gasteiger partial charge in [0.25, 0.3) is 5.91 Å². The maximum atomic E-state index is 11.0. The molecule has 1 N–H and O–H groups in total. The lowest BCUT2D eigenvalue weighted by Gasteiger charge is -2.12. The second kappa shape index (κ2) is 2.85. The standard InChI is InChI=1S/C9H9NO2/c11-9-5-6-12-8-4-2-1-3-7(8)10-9/h2,4-6H,1,3H2,(H,10,11). The van der Waals surface area contributed by atoms with Gasteiger partial charge in [-0.1, -0.05) is 6.08 Å². The van der Waals surface area contributed by atoms with Crippen LogP contribution >= 0.6 is 0 Å². The van der Waals surface area contributed by atoms with Crippen molar-refractivity contribution in [2.24, 2.45) is 0 Å². The van der Waals surface area contributed by atoms with Gasteiger partial charge in [0.05, 0.1) is 12.0 Å². The maximum Gasteiger partial charge on any atom is 0.251 e. The van der Waals surface area contributed by atoms with Gasteiger partial charge in [-0.25, -0.2) is 0 Å². The van der Waals surface area contributed by atoms with E-state index in [9.17, 15) is 4.79 Å². The summed E-state index contributed by atoms with van der Waals surface area (Å²) in [4.78, 5) is 11.0. The minimum Gasteiger partial charge on any atom is -0.463 e. The summed E-state index contributed by atoms with van der Waals surface area (Å²) >= 11 is 0. The van der Waals surface area contributed by atoms with Crippen LogP contribution in [0.5, 0.6) is 0 Å². The van der Waals surface area contributed by atoms with Crippen molar-refractivity contribution in [3.63, 3.8) is 0 Å². The first-order valence-corrected chi connectivity index (χ1v) is 3.90. The first-order valence-electron chi connectivity index (χ1n) is 3.90. The number of hydrogen-bond acceptors (Lipinski definition) is 2. The van der Waals surface area contributed by atoms with Gasteiger partial charge in [0.2, 0.25) is 0 Å². The zero-order chi connectivity index (χ0) is 8.39. The molecule has 12 heavy (non-hydrogen) atoms. The minimum absolute atomic E-state index is 0.115. The van der Waals surface area contributed by atoms with Crippen LogP contribution < -0.4 is 5.32 Å². The number of carbonyl (C=O) groups excluding carboxylic acids is 1. The van der Waals surface area contributed by atoms with Crippen molar-refractivity contribution >= 4 is 5.91 Å². The van der Waals surface area contributed by atoms with Gasteiger partial charge in [0.15, 0.2) is 0 Å². The molecule has 1 aliphatic heterocycles. The van der Waals surface area contributed by atoms with E-state index in [2.05, 4.69) is 5.32 Å². The van der Waals surface area contributed by atoms with Crippen LogP contribution in [0.1, 0.15) is 12.8 Å². The van der Waals surface area contributed by atoms with Crippen molar-refractivity contribution in [1.82, 2.24) is 5.32 Å². The fourth-order valence-electron chi connectivity index (χ4n) is 1.24. The molecule has 0 saturated carbocycles. The summed E-state index contributed by atoms with van der Waals surface area (Å²) in [5.41, 5.74) is 0.882. The van der Waals surface area contributed by atoms with E-state index in [-0.39, 0.29) is 5.91 Å². The molecule has 0 spiro atoms. The van der Waals surface area contributed by atoms with Crippen LogP contribution in [0.25, 0.3) is 0 Å². The minimum atomic E-state index is -0.115. The smallest absolute Gasteiger partial charge is 0.251 e. The maximum absolute atomic E-state index is 11.0. The van der Waals surface area contributed by atoms with Crippen molar-refractivity contribution in [1.29, 1.82) is 0 Å². The van der Waals surface area contributed by atoms with Gasteiger partial charge >= 0.3 is 0 Å². The van der Waals surface area contributed by atoms with Crippen molar-refractivity contribution in [2.45, 2.75) is 12.8 Å². The molecule has 0 unspecified atom stereocenters. The molecular weight excluding hydrogens is 154 g/mol. The van der Waals surface area contributed by atoms with Gasteiger partial charge in [-0.3, -0.25) is 4.79 Å². The summed E-state index contributed by atoms with van der Waals surface area (Å²) in [5, 5.41) is 2.76. The summed E-state index contributed by atoms with van der Waals surface area (Å²) in [6, 6.07) is 0. The highest BCUT2D eigenvalue weighted by Gasteiger charge is 2.13. The lowest BCUT2D eigenvalue weighted by molar-refractivity contribution is -0.115. The largest absolute Gasteiger partial charge is 0.463 e. The molecule has 2 aliphatic rings. The van der Waals surface area contributed by atoms with Crippen molar-refractivity contribution in [2.75, 3.05) is 0 Å². The first kappa shape index (κ1) is 7.16. The van der Waals surface area contributed by atoms with Crippen LogP contribution in [0.3, 0.4) is 0 Å². The summed E-state index contributed by atoms with van der Waals surface area (Å²) in [7, 11) is 0. The quantitative estimate of drug-likeness (QED) is 0.582. The molecule has 0 bridgehead atoms. The van der Waals surface area contributed by atoms with Crippen molar-refractivity contribution in [3.8, 4) is 0 Å². The molecule has 0 aromatic heterocycles. The molecule has 3 nitrogen and oxygen atoms in total. The van der Waals surface area contributed by atoms with Crippen molar-refractivity contribution in [3.05, 3.63) is 35.9 Å². The lowest BCUT2D eigenvalue weighted by Crippen LogP contribution is -2.21. The van der Waals surface area contributed by atoms with Crippen LogP contribution in [-0.2, 0) is 9.53 Å². The predicted octanol–water partition coefficient (Wildman–Crippen LogP) is 1.21. The van der Waals surface area contributed by atoms with Gasteiger partial charge in [-0.05, 0) is 18.9 Å². The van der Waals surface area contributed by atoms with Crippen LogP contribution in [0.2, 0.25) is 0 Å². The predicted molar refractivity (Wildman–Crippen MR) is 43.8 cm³/mol. The molecule has 2 rings (SSSR count). The average molecular weight is 163 g/mol. The molecule has 0 saturated heterocycles. The zero-order valence-electron chi connectivity index (χ0n) is 6.54. The molecule has 0 aromatic carbocycles. The molecule has 1 heterocycles. The third-order valence-corrected chi connectivity index (χ3v) is 1.82.